The van der Waals surface area contributed by atoms with Gasteiger partial charge in [0.2, 0.25) is 6.98 Å². The summed E-state index contributed by atoms with van der Waals surface area (Å²) in [6.45, 7) is 16.5. The number of thiol groups is 1. The molecule has 18 heavy (non-hydrogen) atoms. The van der Waals surface area contributed by atoms with Gasteiger partial charge in [-0.1, -0.05) is 59.7 Å². The summed E-state index contributed by atoms with van der Waals surface area (Å²) in [5.74, 6) is 0. The van der Waals surface area contributed by atoms with Gasteiger partial charge in [0.1, 0.15) is 0 Å². The van der Waals surface area contributed by atoms with Gasteiger partial charge in [0.25, 0.3) is 0 Å². The molecule has 0 amide bonds. The van der Waals surface area contributed by atoms with Crippen LogP contribution < -0.4 is 0 Å². The first-order valence-electron chi connectivity index (χ1n) is 7.46. The SMILES string of the molecule is CC[Si](CC)(CC)[Si](S)(CC(C)(C)C)OC(C)C. The van der Waals surface area contributed by atoms with E-state index in [1.54, 1.807) is 0 Å². The fourth-order valence-corrected chi connectivity index (χ4v) is 24.6. The normalized spacial score (nSPS) is 17.0. The Morgan fingerprint density at radius 1 is 1.00 bits per heavy atom. The summed E-state index contributed by atoms with van der Waals surface area (Å²) in [5, 5.41) is 0. The molecule has 0 radical (unpaired) electrons. The predicted molar refractivity (Wildman–Crippen MR) is 92.4 cm³/mol. The molecule has 0 aromatic rings. The Hall–Kier alpha value is 0.744. The number of hydrogen-bond acceptors (Lipinski definition) is 2. The van der Waals surface area contributed by atoms with Crippen LogP contribution >= 0.6 is 12.1 Å². The lowest BCUT2D eigenvalue weighted by Gasteiger charge is -2.46. The molecule has 110 valence electrons. The standard InChI is InChI=1S/C14H34OSSi2/c1-9-17(10-2,11-3)18(16,15-13(4)5)12-14(6,7)8/h13,16H,9-12H2,1-8H3. The van der Waals surface area contributed by atoms with Crippen molar-refractivity contribution in [2.45, 2.75) is 85.7 Å². The second-order valence-electron chi connectivity index (χ2n) is 7.03. The fraction of sp³-hybridized carbons (Fsp3) is 1.00. The first kappa shape index (κ1) is 18.7. The molecule has 0 aliphatic carbocycles. The van der Waals surface area contributed by atoms with E-state index in [9.17, 15) is 0 Å². The number of hydrogen-bond donors (Lipinski definition) is 1. The highest BCUT2D eigenvalue weighted by Crippen LogP contribution is 2.42. The lowest BCUT2D eigenvalue weighted by atomic mass is 10.0. The van der Waals surface area contributed by atoms with Gasteiger partial charge in [-0.2, -0.15) is 12.1 Å². The zero-order valence-electron chi connectivity index (χ0n) is 13.8. The molecule has 1 nitrogen and oxygen atoms in total. The van der Waals surface area contributed by atoms with Gasteiger partial charge in [-0.25, -0.2) is 0 Å². The molecule has 0 aromatic carbocycles. The molecule has 0 saturated heterocycles. The summed E-state index contributed by atoms with van der Waals surface area (Å²) in [6.07, 6.45) is 0.313. The average molecular weight is 307 g/mol. The molecule has 0 aromatic heterocycles. The van der Waals surface area contributed by atoms with Crippen LogP contribution in [0, 0.1) is 5.41 Å². The van der Waals surface area contributed by atoms with Crippen LogP contribution in [-0.4, -0.2) is 20.7 Å². The zero-order valence-corrected chi connectivity index (χ0v) is 16.7. The van der Waals surface area contributed by atoms with E-state index in [4.69, 9.17) is 16.5 Å². The second kappa shape index (κ2) is 6.96. The molecule has 0 saturated carbocycles. The van der Waals surface area contributed by atoms with Gasteiger partial charge in [-0.15, -0.1) is 0 Å². The Morgan fingerprint density at radius 3 is 1.61 bits per heavy atom. The van der Waals surface area contributed by atoms with Crippen molar-refractivity contribution in [3.63, 3.8) is 0 Å². The highest BCUT2D eigenvalue weighted by atomic mass is 32.3. The van der Waals surface area contributed by atoms with Gasteiger partial charge < -0.3 is 4.43 Å². The molecule has 0 aliphatic rings. The third kappa shape index (κ3) is 4.69. The monoisotopic (exact) mass is 306 g/mol. The van der Waals surface area contributed by atoms with E-state index in [2.05, 4.69) is 55.4 Å². The predicted octanol–water partition coefficient (Wildman–Crippen LogP) is 5.42. The highest BCUT2D eigenvalue weighted by Gasteiger charge is 2.53. The van der Waals surface area contributed by atoms with E-state index in [-0.39, 0.29) is 0 Å². The molecule has 0 fully saturated rings. The van der Waals surface area contributed by atoms with Gasteiger partial charge >= 0.3 is 0 Å². The highest BCUT2D eigenvalue weighted by molar-refractivity contribution is 8.22. The molecular weight excluding hydrogens is 272 g/mol. The third-order valence-corrected chi connectivity index (χ3v) is 26.3. The van der Waals surface area contributed by atoms with Gasteiger partial charge in [-0.05, 0) is 25.3 Å². The van der Waals surface area contributed by atoms with E-state index in [0.29, 0.717) is 11.5 Å². The first-order chi connectivity index (χ1) is 8.06. The minimum Gasteiger partial charge on any atom is -0.408 e. The molecule has 0 rings (SSSR count). The zero-order chi connectivity index (χ0) is 14.6. The van der Waals surface area contributed by atoms with E-state index in [1.165, 1.54) is 24.2 Å². The molecule has 0 bridgehead atoms. The summed E-state index contributed by atoms with van der Waals surface area (Å²) >= 11 is 5.25. The van der Waals surface area contributed by atoms with Crippen molar-refractivity contribution >= 4 is 26.7 Å². The van der Waals surface area contributed by atoms with E-state index in [0.717, 1.165) is 0 Å². The van der Waals surface area contributed by atoms with Crippen molar-refractivity contribution in [2.24, 2.45) is 5.41 Å². The largest absolute Gasteiger partial charge is 0.408 e. The maximum atomic E-state index is 6.52. The van der Waals surface area contributed by atoms with Crippen LogP contribution in [0.25, 0.3) is 0 Å². The van der Waals surface area contributed by atoms with Crippen LogP contribution in [-0.2, 0) is 4.43 Å². The third-order valence-electron chi connectivity index (χ3n) is 4.06. The topological polar surface area (TPSA) is 9.23 Å². The van der Waals surface area contributed by atoms with Crippen LogP contribution in [0.2, 0.25) is 24.2 Å². The van der Waals surface area contributed by atoms with Crippen molar-refractivity contribution in [3.05, 3.63) is 0 Å². The van der Waals surface area contributed by atoms with Crippen molar-refractivity contribution in [1.29, 1.82) is 0 Å². The molecule has 0 N–H and O–H groups in total. The lowest BCUT2D eigenvalue weighted by Crippen LogP contribution is -2.62. The summed E-state index contributed by atoms with van der Waals surface area (Å²) in [7, 11) is -1.36. The summed E-state index contributed by atoms with van der Waals surface area (Å²) in [5.41, 5.74) is 0.320. The fourth-order valence-electron chi connectivity index (χ4n) is 3.04. The first-order valence-corrected chi connectivity index (χ1v) is 14.5. The molecule has 0 spiro atoms. The van der Waals surface area contributed by atoms with Gasteiger partial charge in [0.05, 0.1) is 7.59 Å². The quantitative estimate of drug-likeness (QED) is 0.488. The van der Waals surface area contributed by atoms with Crippen molar-refractivity contribution in [3.8, 4) is 0 Å². The van der Waals surface area contributed by atoms with E-state index >= 15 is 0 Å². The molecular formula is C14H34OSSi2. The number of rotatable bonds is 7. The van der Waals surface area contributed by atoms with Crippen molar-refractivity contribution in [1.82, 2.24) is 0 Å². The minimum absolute atomic E-state index is 0.313. The Morgan fingerprint density at radius 2 is 1.39 bits per heavy atom. The average Bonchev–Trinajstić information content (AvgIpc) is 2.16. The van der Waals surface area contributed by atoms with Crippen LogP contribution in [0.3, 0.4) is 0 Å². The van der Waals surface area contributed by atoms with Crippen LogP contribution in [0.1, 0.15) is 55.4 Å². The summed E-state index contributed by atoms with van der Waals surface area (Å²) < 4.78 is 6.52. The van der Waals surface area contributed by atoms with Gasteiger partial charge in [-0.3, -0.25) is 0 Å². The molecule has 1 atom stereocenters. The Kier molecular flexibility index (Phi) is 7.24. The molecule has 0 heterocycles. The van der Waals surface area contributed by atoms with E-state index < -0.39 is 14.6 Å². The van der Waals surface area contributed by atoms with Crippen LogP contribution in [0.5, 0.6) is 0 Å². The van der Waals surface area contributed by atoms with Crippen molar-refractivity contribution in [2.75, 3.05) is 0 Å². The Bertz CT molecular complexity index is 238. The van der Waals surface area contributed by atoms with Gasteiger partial charge in [0.15, 0.2) is 0 Å². The molecule has 1 unspecified atom stereocenters. The maximum Gasteiger partial charge on any atom is 0.236 e. The lowest BCUT2D eigenvalue weighted by molar-refractivity contribution is 0.237. The van der Waals surface area contributed by atoms with E-state index in [1.807, 2.05) is 0 Å². The van der Waals surface area contributed by atoms with Gasteiger partial charge in [0, 0.05) is 6.10 Å². The second-order valence-corrected chi connectivity index (χ2v) is 22.9. The summed E-state index contributed by atoms with van der Waals surface area (Å²) in [6, 6.07) is 5.14. The molecule has 4 heteroatoms. The molecule has 0 aliphatic heterocycles. The minimum atomic E-state index is -1.89. The summed E-state index contributed by atoms with van der Waals surface area (Å²) in [4.78, 5) is 0. The van der Waals surface area contributed by atoms with Crippen molar-refractivity contribution < 1.29 is 4.43 Å². The Labute approximate surface area is 122 Å². The maximum absolute atomic E-state index is 6.52. The Balaban J connectivity index is 5.42. The smallest absolute Gasteiger partial charge is 0.236 e. The van der Waals surface area contributed by atoms with Crippen LogP contribution in [0.4, 0.5) is 0 Å². The van der Waals surface area contributed by atoms with Crippen LogP contribution in [0.15, 0.2) is 0 Å².